The van der Waals surface area contributed by atoms with Crippen LogP contribution in [0.25, 0.3) is 0 Å². The molecule has 0 saturated carbocycles. The minimum absolute atomic E-state index is 0.0372. The molecule has 0 bridgehead atoms. The molecule has 1 amide bonds. The predicted molar refractivity (Wildman–Crippen MR) is 60.2 cm³/mol. The number of alkyl halides is 3. The summed E-state index contributed by atoms with van der Waals surface area (Å²) < 4.78 is 38.0. The van der Waals surface area contributed by atoms with E-state index in [1.165, 1.54) is 6.92 Å². The summed E-state index contributed by atoms with van der Waals surface area (Å²) in [6.45, 7) is 2.07. The van der Waals surface area contributed by atoms with Gasteiger partial charge in [0.15, 0.2) is 5.54 Å². The van der Waals surface area contributed by atoms with Crippen molar-refractivity contribution in [2.24, 2.45) is 11.1 Å². The molecule has 0 aliphatic carbocycles. The largest absolute Gasteiger partial charge is 0.481 e. The number of carbonyl (C=O) groups is 2. The Bertz CT molecular complexity index is 385. The van der Waals surface area contributed by atoms with Crippen molar-refractivity contribution in [3.63, 3.8) is 0 Å². The summed E-state index contributed by atoms with van der Waals surface area (Å²) in [6, 6.07) is 0. The summed E-state index contributed by atoms with van der Waals surface area (Å²) >= 11 is 0. The Hall–Kier alpha value is -1.31. The van der Waals surface area contributed by atoms with Crippen molar-refractivity contribution in [2.45, 2.75) is 38.4 Å². The van der Waals surface area contributed by atoms with E-state index in [1.807, 2.05) is 0 Å². The van der Waals surface area contributed by atoms with Crippen LogP contribution < -0.4 is 5.73 Å². The maximum Gasteiger partial charge on any atom is 0.415 e. The summed E-state index contributed by atoms with van der Waals surface area (Å²) in [4.78, 5) is 23.8. The van der Waals surface area contributed by atoms with Crippen molar-refractivity contribution in [1.29, 1.82) is 0 Å². The van der Waals surface area contributed by atoms with E-state index < -0.39 is 29.0 Å². The lowest BCUT2D eigenvalue weighted by atomic mass is 9.80. The molecule has 8 heteroatoms. The van der Waals surface area contributed by atoms with Crippen LogP contribution in [0.3, 0.4) is 0 Å². The first-order chi connectivity index (χ1) is 8.42. The molecular weight excluding hydrogens is 265 g/mol. The standard InChI is InChI=1S/C11H17F3N2O3/c1-9(8(18)19)3-5-16(6-4-9)7(17)10(2,15)11(12,13)14/h3-6,15H2,1-2H3,(H,18,19). The lowest BCUT2D eigenvalue weighted by molar-refractivity contribution is -0.195. The zero-order chi connectivity index (χ0) is 15.1. The average molecular weight is 282 g/mol. The highest BCUT2D eigenvalue weighted by Crippen LogP contribution is 2.34. The van der Waals surface area contributed by atoms with Crippen LogP contribution in [0.2, 0.25) is 0 Å². The number of nitrogens with two attached hydrogens (primary N) is 1. The zero-order valence-corrected chi connectivity index (χ0v) is 10.8. The van der Waals surface area contributed by atoms with E-state index in [1.54, 1.807) is 0 Å². The maximum atomic E-state index is 12.7. The number of halogens is 3. The third-order valence-corrected chi connectivity index (χ3v) is 3.70. The van der Waals surface area contributed by atoms with Crippen LogP contribution in [0.5, 0.6) is 0 Å². The van der Waals surface area contributed by atoms with E-state index in [4.69, 9.17) is 10.8 Å². The summed E-state index contributed by atoms with van der Waals surface area (Å²) in [5.41, 5.74) is 1.12. The van der Waals surface area contributed by atoms with Crippen molar-refractivity contribution < 1.29 is 27.9 Å². The van der Waals surface area contributed by atoms with Gasteiger partial charge in [0.1, 0.15) is 0 Å². The number of carboxylic acids is 1. The Kier molecular flexibility index (Phi) is 3.86. The molecule has 1 rings (SSSR count). The first-order valence-corrected chi connectivity index (χ1v) is 5.80. The second-order valence-electron chi connectivity index (χ2n) is 5.36. The fourth-order valence-corrected chi connectivity index (χ4v) is 1.87. The molecule has 1 aliphatic rings. The molecule has 0 aromatic carbocycles. The molecule has 3 N–H and O–H groups in total. The van der Waals surface area contributed by atoms with Gasteiger partial charge in [0, 0.05) is 13.1 Å². The van der Waals surface area contributed by atoms with Crippen LogP contribution in [0.1, 0.15) is 26.7 Å². The molecule has 1 heterocycles. The van der Waals surface area contributed by atoms with Gasteiger partial charge in [0.05, 0.1) is 5.41 Å². The highest BCUT2D eigenvalue weighted by atomic mass is 19.4. The molecule has 1 saturated heterocycles. The minimum Gasteiger partial charge on any atom is -0.481 e. The van der Waals surface area contributed by atoms with Crippen LogP contribution in [0, 0.1) is 5.41 Å². The molecule has 0 aromatic heterocycles. The molecule has 110 valence electrons. The summed E-state index contributed by atoms with van der Waals surface area (Å²) in [5.74, 6) is -2.22. The second-order valence-corrected chi connectivity index (χ2v) is 5.36. The monoisotopic (exact) mass is 282 g/mol. The quantitative estimate of drug-likeness (QED) is 0.790. The molecular formula is C11H17F3N2O3. The zero-order valence-electron chi connectivity index (χ0n) is 10.8. The Balaban J connectivity index is 2.77. The van der Waals surface area contributed by atoms with E-state index in [-0.39, 0.29) is 25.9 Å². The molecule has 1 unspecified atom stereocenters. The van der Waals surface area contributed by atoms with Gasteiger partial charge in [-0.3, -0.25) is 9.59 Å². The molecule has 1 aliphatic heterocycles. The number of hydrogen-bond acceptors (Lipinski definition) is 3. The third kappa shape index (κ3) is 2.83. The highest BCUT2D eigenvalue weighted by Gasteiger charge is 2.56. The number of carbonyl (C=O) groups excluding carboxylic acids is 1. The lowest BCUT2D eigenvalue weighted by Crippen LogP contribution is -2.63. The first-order valence-electron chi connectivity index (χ1n) is 5.80. The van der Waals surface area contributed by atoms with Gasteiger partial charge >= 0.3 is 12.1 Å². The number of aliphatic carboxylic acids is 1. The van der Waals surface area contributed by atoms with E-state index in [0.29, 0.717) is 6.92 Å². The van der Waals surface area contributed by atoms with E-state index in [0.717, 1.165) is 4.90 Å². The lowest BCUT2D eigenvalue weighted by Gasteiger charge is -2.40. The number of piperidine rings is 1. The third-order valence-electron chi connectivity index (χ3n) is 3.70. The second kappa shape index (κ2) is 4.66. The van der Waals surface area contributed by atoms with E-state index in [2.05, 4.69) is 0 Å². The normalized spacial score (nSPS) is 22.7. The van der Waals surface area contributed by atoms with Crippen LogP contribution in [-0.2, 0) is 9.59 Å². The fourth-order valence-electron chi connectivity index (χ4n) is 1.87. The van der Waals surface area contributed by atoms with Crippen LogP contribution in [0.4, 0.5) is 13.2 Å². The Labute approximate surface area is 108 Å². The van der Waals surface area contributed by atoms with Gasteiger partial charge in [-0.05, 0) is 26.7 Å². The minimum atomic E-state index is -4.84. The van der Waals surface area contributed by atoms with Crippen LogP contribution in [0.15, 0.2) is 0 Å². The van der Waals surface area contributed by atoms with Gasteiger partial charge < -0.3 is 15.7 Å². The number of nitrogens with zero attached hydrogens (tertiary/aromatic N) is 1. The van der Waals surface area contributed by atoms with Crippen molar-refractivity contribution in [3.05, 3.63) is 0 Å². The Morgan fingerprint density at radius 1 is 1.26 bits per heavy atom. The Morgan fingerprint density at radius 3 is 2.00 bits per heavy atom. The molecule has 0 spiro atoms. The number of rotatable bonds is 2. The molecule has 0 aromatic rings. The molecule has 0 radical (unpaired) electrons. The molecule has 1 atom stereocenters. The van der Waals surface area contributed by atoms with Crippen molar-refractivity contribution in [3.8, 4) is 0 Å². The van der Waals surface area contributed by atoms with Crippen LogP contribution in [-0.4, -0.2) is 46.7 Å². The van der Waals surface area contributed by atoms with E-state index >= 15 is 0 Å². The number of hydrogen-bond donors (Lipinski definition) is 2. The summed E-state index contributed by atoms with van der Waals surface area (Å²) in [7, 11) is 0. The van der Waals surface area contributed by atoms with Gasteiger partial charge in [-0.2, -0.15) is 13.2 Å². The van der Waals surface area contributed by atoms with Crippen molar-refractivity contribution in [2.75, 3.05) is 13.1 Å². The average Bonchev–Trinajstić information content (AvgIpc) is 2.27. The topological polar surface area (TPSA) is 83.6 Å². The summed E-state index contributed by atoms with van der Waals surface area (Å²) in [6.07, 6.45) is -4.61. The fraction of sp³-hybridized carbons (Fsp3) is 0.818. The van der Waals surface area contributed by atoms with Crippen LogP contribution >= 0.6 is 0 Å². The summed E-state index contributed by atoms with van der Waals surface area (Å²) in [5, 5.41) is 9.00. The van der Waals surface area contributed by atoms with Gasteiger partial charge in [-0.15, -0.1) is 0 Å². The first kappa shape index (κ1) is 15.7. The molecule has 19 heavy (non-hydrogen) atoms. The highest BCUT2D eigenvalue weighted by molar-refractivity contribution is 5.87. The van der Waals surface area contributed by atoms with Gasteiger partial charge in [0.2, 0.25) is 0 Å². The molecule has 5 nitrogen and oxygen atoms in total. The smallest absolute Gasteiger partial charge is 0.415 e. The van der Waals surface area contributed by atoms with Gasteiger partial charge in [-0.1, -0.05) is 0 Å². The van der Waals surface area contributed by atoms with Crippen molar-refractivity contribution >= 4 is 11.9 Å². The number of amides is 1. The number of carboxylic acid groups (broad SMARTS) is 1. The number of likely N-dealkylation sites (tertiary alicyclic amines) is 1. The van der Waals surface area contributed by atoms with Gasteiger partial charge in [-0.25, -0.2) is 0 Å². The SMILES string of the molecule is CC1(C(=O)O)CCN(C(=O)C(C)(N)C(F)(F)F)CC1. The predicted octanol–water partition coefficient (Wildman–Crippen LogP) is 0.979. The van der Waals surface area contributed by atoms with Crippen molar-refractivity contribution in [1.82, 2.24) is 4.90 Å². The maximum absolute atomic E-state index is 12.7. The molecule has 1 fully saturated rings. The van der Waals surface area contributed by atoms with E-state index in [9.17, 15) is 22.8 Å². The Morgan fingerprint density at radius 2 is 1.68 bits per heavy atom. The van der Waals surface area contributed by atoms with Gasteiger partial charge in [0.25, 0.3) is 5.91 Å².